The first kappa shape index (κ1) is 22.2. The van der Waals surface area contributed by atoms with Crippen LogP contribution in [0.3, 0.4) is 0 Å². The number of thiazole rings is 1. The number of nitrogens with zero attached hydrogens (tertiary/aromatic N) is 6. The fraction of sp³-hybridized carbons (Fsp3) is 0.304. The van der Waals surface area contributed by atoms with Crippen LogP contribution < -0.4 is 10.6 Å². The Hall–Kier alpha value is -3.57. The van der Waals surface area contributed by atoms with E-state index >= 15 is 0 Å². The Morgan fingerprint density at radius 3 is 2.91 bits per heavy atom. The number of hydrogen-bond acceptors (Lipinski definition) is 9. The molecule has 4 aromatic rings. The largest absolute Gasteiger partial charge is 0.362 e. The molecule has 0 aromatic carbocycles. The molecule has 0 saturated heterocycles. The van der Waals surface area contributed by atoms with Gasteiger partial charge >= 0.3 is 0 Å². The zero-order valence-electron chi connectivity index (χ0n) is 18.5. The summed E-state index contributed by atoms with van der Waals surface area (Å²) in [7, 11) is 0. The molecule has 0 bridgehead atoms. The van der Waals surface area contributed by atoms with E-state index in [1.165, 1.54) is 6.33 Å². The lowest BCUT2D eigenvalue weighted by Gasteiger charge is -2.10. The maximum atomic E-state index is 13.9. The first-order valence-corrected chi connectivity index (χ1v) is 12.0. The molecule has 0 radical (unpaired) electrons. The minimum atomic E-state index is -0.173. The summed E-state index contributed by atoms with van der Waals surface area (Å²) in [6.07, 6.45) is 9.45. The molecule has 1 aliphatic rings. The van der Waals surface area contributed by atoms with Crippen molar-refractivity contribution in [2.45, 2.75) is 25.7 Å². The highest BCUT2D eigenvalue weighted by atomic mass is 32.1. The average Bonchev–Trinajstić information content (AvgIpc) is 3.51. The predicted octanol–water partition coefficient (Wildman–Crippen LogP) is 3.70. The quantitative estimate of drug-likeness (QED) is 0.298. The summed E-state index contributed by atoms with van der Waals surface area (Å²) in [5.74, 6) is 1.35. The molecule has 0 amide bonds. The number of anilines is 1. The molecular weight excluding hydrogens is 453 g/mol. The van der Waals surface area contributed by atoms with Gasteiger partial charge in [-0.2, -0.15) is 0 Å². The van der Waals surface area contributed by atoms with Crippen molar-refractivity contribution >= 4 is 33.7 Å². The van der Waals surface area contributed by atoms with Gasteiger partial charge in [0, 0.05) is 44.8 Å². The number of H-pyrrole nitrogens is 1. The van der Waals surface area contributed by atoms with Crippen LogP contribution in [0.25, 0.3) is 21.7 Å². The number of imidazole rings is 1. The Kier molecular flexibility index (Phi) is 6.91. The van der Waals surface area contributed by atoms with Crippen molar-refractivity contribution in [1.82, 2.24) is 35.2 Å². The molecule has 0 fully saturated rings. The molecule has 0 aliphatic carbocycles. The normalized spacial score (nSPS) is 13.7. The van der Waals surface area contributed by atoms with Crippen LogP contribution in [0, 0.1) is 0 Å². The lowest BCUT2D eigenvalue weighted by molar-refractivity contribution is 0.575. The SMILES string of the molecule is FC1=C(CNc2ncnc3sc(CCNCCc4ncc(-c5ccccn5)[nH]4)nc23)N=CCC1. The van der Waals surface area contributed by atoms with E-state index in [0.29, 0.717) is 29.9 Å². The minimum absolute atomic E-state index is 0.173. The topological polar surface area (TPSA) is 117 Å². The third-order valence-corrected chi connectivity index (χ3v) is 6.36. The Morgan fingerprint density at radius 1 is 1.09 bits per heavy atom. The highest BCUT2D eigenvalue weighted by Crippen LogP contribution is 2.26. The number of nitrogens with one attached hydrogen (secondary N) is 3. The molecule has 4 aromatic heterocycles. The summed E-state index contributed by atoms with van der Waals surface area (Å²) in [5.41, 5.74) is 2.93. The smallest absolute Gasteiger partial charge is 0.157 e. The number of hydrogen-bond donors (Lipinski definition) is 3. The van der Waals surface area contributed by atoms with Gasteiger partial charge in [-0.05, 0) is 18.6 Å². The Labute approximate surface area is 199 Å². The summed E-state index contributed by atoms with van der Waals surface area (Å²) >= 11 is 1.55. The predicted molar refractivity (Wildman–Crippen MR) is 132 cm³/mol. The van der Waals surface area contributed by atoms with Crippen LogP contribution in [0.2, 0.25) is 0 Å². The van der Waals surface area contributed by atoms with Gasteiger partial charge in [0.05, 0.1) is 34.8 Å². The van der Waals surface area contributed by atoms with Crippen molar-refractivity contribution in [1.29, 1.82) is 0 Å². The summed E-state index contributed by atoms with van der Waals surface area (Å²) in [6, 6.07) is 5.81. The van der Waals surface area contributed by atoms with Gasteiger partial charge in [0.25, 0.3) is 0 Å². The molecule has 3 N–H and O–H groups in total. The third kappa shape index (κ3) is 5.32. The van der Waals surface area contributed by atoms with Crippen LogP contribution >= 0.6 is 11.3 Å². The van der Waals surface area contributed by atoms with E-state index in [9.17, 15) is 4.39 Å². The van der Waals surface area contributed by atoms with Gasteiger partial charge in [-0.3, -0.25) is 9.98 Å². The van der Waals surface area contributed by atoms with Gasteiger partial charge in [-0.25, -0.2) is 24.3 Å². The zero-order chi connectivity index (χ0) is 23.2. The van der Waals surface area contributed by atoms with Gasteiger partial charge in [-0.1, -0.05) is 17.4 Å². The number of aliphatic imine (C=N–C) groups is 1. The molecule has 0 unspecified atom stereocenters. The molecule has 0 spiro atoms. The fourth-order valence-corrected chi connectivity index (χ4v) is 4.49. The first-order valence-electron chi connectivity index (χ1n) is 11.2. The highest BCUT2D eigenvalue weighted by molar-refractivity contribution is 7.18. The summed E-state index contributed by atoms with van der Waals surface area (Å²) in [4.78, 5) is 30.4. The maximum Gasteiger partial charge on any atom is 0.157 e. The number of fused-ring (bicyclic) bond motifs is 1. The number of rotatable bonds is 10. The van der Waals surface area contributed by atoms with Gasteiger partial charge in [0.1, 0.15) is 28.3 Å². The lowest BCUT2D eigenvalue weighted by atomic mass is 10.2. The maximum absolute atomic E-state index is 13.9. The summed E-state index contributed by atoms with van der Waals surface area (Å²) in [5, 5.41) is 7.57. The Morgan fingerprint density at radius 2 is 2.03 bits per heavy atom. The number of pyridine rings is 1. The highest BCUT2D eigenvalue weighted by Gasteiger charge is 2.13. The van der Waals surface area contributed by atoms with E-state index in [4.69, 9.17) is 4.98 Å². The van der Waals surface area contributed by atoms with Crippen LogP contribution in [-0.4, -0.2) is 55.8 Å². The molecule has 9 nitrogen and oxygen atoms in total. The van der Waals surface area contributed by atoms with Gasteiger partial charge < -0.3 is 15.6 Å². The number of halogens is 1. The van der Waals surface area contributed by atoms with Crippen molar-refractivity contribution in [3.8, 4) is 11.4 Å². The van der Waals surface area contributed by atoms with Crippen molar-refractivity contribution < 1.29 is 4.39 Å². The summed E-state index contributed by atoms with van der Waals surface area (Å²) < 4.78 is 13.9. The molecular formula is C23H24FN9S. The zero-order valence-corrected chi connectivity index (χ0v) is 19.3. The van der Waals surface area contributed by atoms with E-state index in [-0.39, 0.29) is 12.4 Å². The lowest BCUT2D eigenvalue weighted by Crippen LogP contribution is -2.20. The van der Waals surface area contributed by atoms with Crippen LogP contribution in [0.1, 0.15) is 23.7 Å². The molecule has 5 rings (SSSR count). The van der Waals surface area contributed by atoms with Crippen molar-refractivity contribution in [3.63, 3.8) is 0 Å². The molecule has 174 valence electrons. The van der Waals surface area contributed by atoms with Gasteiger partial charge in [0.2, 0.25) is 0 Å². The second-order valence-corrected chi connectivity index (χ2v) is 8.81. The van der Waals surface area contributed by atoms with E-state index < -0.39 is 0 Å². The molecule has 5 heterocycles. The first-order chi connectivity index (χ1) is 16.8. The van der Waals surface area contributed by atoms with Gasteiger partial charge in [0.15, 0.2) is 5.82 Å². The van der Waals surface area contributed by atoms with Crippen molar-refractivity contribution in [2.24, 2.45) is 4.99 Å². The van der Waals surface area contributed by atoms with Crippen LogP contribution in [-0.2, 0) is 12.8 Å². The summed E-state index contributed by atoms with van der Waals surface area (Å²) in [6.45, 7) is 1.86. The van der Waals surface area contributed by atoms with E-state index in [1.54, 1.807) is 23.7 Å². The van der Waals surface area contributed by atoms with Crippen molar-refractivity contribution in [3.05, 3.63) is 59.3 Å². The van der Waals surface area contributed by atoms with E-state index in [1.807, 2.05) is 24.4 Å². The standard InChI is InChI=1S/C23H24FN9S/c24-15-4-3-9-27-17(15)12-29-22-21-23(31-14-30-22)34-20(33-21)7-11-25-10-6-19-28-13-18(32-19)16-5-1-2-8-26-16/h1-2,5,8-9,13-14,25H,3-4,6-7,10-12H2,(H,28,32)(H,29,30,31). The van der Waals surface area contributed by atoms with Crippen molar-refractivity contribution in [2.75, 3.05) is 25.0 Å². The number of aromatic amines is 1. The molecule has 0 saturated carbocycles. The fourth-order valence-electron chi connectivity index (χ4n) is 3.59. The Bertz CT molecular complexity index is 1310. The molecule has 0 atom stereocenters. The van der Waals surface area contributed by atoms with Crippen LogP contribution in [0.15, 0.2) is 53.4 Å². The number of aromatic nitrogens is 6. The third-order valence-electron chi connectivity index (χ3n) is 5.34. The second-order valence-electron chi connectivity index (χ2n) is 7.75. The monoisotopic (exact) mass is 477 g/mol. The molecule has 11 heteroatoms. The van der Waals surface area contributed by atoms with Gasteiger partial charge in [-0.15, -0.1) is 0 Å². The van der Waals surface area contributed by atoms with Crippen LogP contribution in [0.4, 0.5) is 10.2 Å². The Balaban J connectivity index is 1.11. The minimum Gasteiger partial charge on any atom is -0.362 e. The molecule has 34 heavy (non-hydrogen) atoms. The second kappa shape index (κ2) is 10.6. The van der Waals surface area contributed by atoms with E-state index in [0.717, 1.165) is 53.0 Å². The average molecular weight is 478 g/mol. The van der Waals surface area contributed by atoms with E-state index in [2.05, 4.69) is 40.5 Å². The van der Waals surface area contributed by atoms with Crippen LogP contribution in [0.5, 0.6) is 0 Å². The molecule has 1 aliphatic heterocycles. The number of allylic oxidation sites excluding steroid dienone is 1.